The standard InChI is InChI=1S/C15H15ClF2N2O3S/c16-12-8-11(2-4-13(12)17)19-9-10-1-3-14(18)15(7-10)24(22,23)20-5-6-21/h1-4,7-8,19-21H,5-6,9H2. The van der Waals surface area contributed by atoms with Gasteiger partial charge in [0.25, 0.3) is 0 Å². The molecular weight excluding hydrogens is 362 g/mol. The molecule has 0 heterocycles. The second-order valence-corrected chi connectivity index (χ2v) is 7.01. The molecule has 0 bridgehead atoms. The highest BCUT2D eigenvalue weighted by atomic mass is 35.5. The number of aliphatic hydroxyl groups is 1. The van der Waals surface area contributed by atoms with Crippen molar-refractivity contribution in [3.05, 3.63) is 58.6 Å². The number of sulfonamides is 1. The van der Waals surface area contributed by atoms with E-state index in [4.69, 9.17) is 16.7 Å². The van der Waals surface area contributed by atoms with Crippen LogP contribution in [-0.2, 0) is 16.6 Å². The molecule has 0 unspecified atom stereocenters. The van der Waals surface area contributed by atoms with Crippen LogP contribution < -0.4 is 10.0 Å². The molecule has 2 rings (SSSR count). The molecule has 2 aromatic carbocycles. The van der Waals surface area contributed by atoms with Crippen LogP contribution in [0.15, 0.2) is 41.3 Å². The van der Waals surface area contributed by atoms with Crippen LogP contribution in [0.25, 0.3) is 0 Å². The zero-order chi connectivity index (χ0) is 17.7. The molecule has 0 saturated carbocycles. The van der Waals surface area contributed by atoms with Gasteiger partial charge in [0.2, 0.25) is 10.0 Å². The fraction of sp³-hybridized carbons (Fsp3) is 0.200. The van der Waals surface area contributed by atoms with E-state index in [1.807, 2.05) is 0 Å². The van der Waals surface area contributed by atoms with E-state index in [0.717, 1.165) is 6.07 Å². The highest BCUT2D eigenvalue weighted by molar-refractivity contribution is 7.89. The Morgan fingerprint density at radius 2 is 1.79 bits per heavy atom. The number of anilines is 1. The average Bonchev–Trinajstić information content (AvgIpc) is 2.55. The van der Waals surface area contributed by atoms with Gasteiger partial charge in [0.15, 0.2) is 0 Å². The number of rotatable bonds is 7. The summed E-state index contributed by atoms with van der Waals surface area (Å²) in [6.07, 6.45) is 0. The Bertz CT molecular complexity index is 831. The average molecular weight is 377 g/mol. The van der Waals surface area contributed by atoms with Crippen LogP contribution in [0.2, 0.25) is 5.02 Å². The van der Waals surface area contributed by atoms with Crippen LogP contribution in [0.1, 0.15) is 5.56 Å². The molecule has 0 fully saturated rings. The van der Waals surface area contributed by atoms with Gasteiger partial charge >= 0.3 is 0 Å². The molecule has 130 valence electrons. The van der Waals surface area contributed by atoms with Crippen LogP contribution in [0.5, 0.6) is 0 Å². The van der Waals surface area contributed by atoms with Crippen molar-refractivity contribution in [1.29, 1.82) is 0 Å². The van der Waals surface area contributed by atoms with Crippen LogP contribution in [-0.4, -0.2) is 26.7 Å². The van der Waals surface area contributed by atoms with E-state index in [1.165, 1.54) is 30.3 Å². The lowest BCUT2D eigenvalue weighted by Gasteiger charge is -2.11. The molecule has 5 nitrogen and oxygen atoms in total. The number of hydrogen-bond acceptors (Lipinski definition) is 4. The SMILES string of the molecule is O=S(=O)(NCCO)c1cc(CNc2ccc(F)c(Cl)c2)ccc1F. The zero-order valence-corrected chi connectivity index (χ0v) is 14.0. The van der Waals surface area contributed by atoms with Crippen LogP contribution in [0.4, 0.5) is 14.5 Å². The first kappa shape index (κ1) is 18.6. The van der Waals surface area contributed by atoms with E-state index in [2.05, 4.69) is 10.0 Å². The maximum Gasteiger partial charge on any atom is 0.243 e. The molecule has 0 atom stereocenters. The zero-order valence-electron chi connectivity index (χ0n) is 12.4. The van der Waals surface area contributed by atoms with E-state index in [9.17, 15) is 17.2 Å². The fourth-order valence-electron chi connectivity index (χ4n) is 1.93. The highest BCUT2D eigenvalue weighted by Crippen LogP contribution is 2.21. The minimum atomic E-state index is -4.05. The molecule has 0 aromatic heterocycles. The van der Waals surface area contributed by atoms with E-state index in [-0.39, 0.29) is 18.1 Å². The lowest BCUT2D eigenvalue weighted by Crippen LogP contribution is -2.27. The largest absolute Gasteiger partial charge is 0.395 e. The van der Waals surface area contributed by atoms with E-state index < -0.39 is 33.2 Å². The molecule has 0 aliphatic heterocycles. The van der Waals surface area contributed by atoms with Gasteiger partial charge < -0.3 is 10.4 Å². The second kappa shape index (κ2) is 7.89. The third-order valence-corrected chi connectivity index (χ3v) is 4.87. The number of nitrogens with one attached hydrogen (secondary N) is 2. The normalized spacial score (nSPS) is 11.5. The minimum Gasteiger partial charge on any atom is -0.395 e. The van der Waals surface area contributed by atoms with Crippen molar-refractivity contribution in [2.45, 2.75) is 11.4 Å². The summed E-state index contributed by atoms with van der Waals surface area (Å²) in [6, 6.07) is 7.73. The Balaban J connectivity index is 2.17. The maximum absolute atomic E-state index is 13.8. The van der Waals surface area contributed by atoms with Gasteiger partial charge in [-0.15, -0.1) is 0 Å². The Kier molecular flexibility index (Phi) is 6.11. The second-order valence-electron chi connectivity index (χ2n) is 4.87. The summed E-state index contributed by atoms with van der Waals surface area (Å²) in [5.74, 6) is -1.44. The summed E-state index contributed by atoms with van der Waals surface area (Å²) in [7, 11) is -4.05. The molecule has 0 radical (unpaired) electrons. The summed E-state index contributed by atoms with van der Waals surface area (Å²) in [6.45, 7) is -0.420. The number of aliphatic hydroxyl groups excluding tert-OH is 1. The smallest absolute Gasteiger partial charge is 0.243 e. The van der Waals surface area contributed by atoms with Gasteiger partial charge in [-0.1, -0.05) is 17.7 Å². The minimum absolute atomic E-state index is 0.0458. The van der Waals surface area contributed by atoms with Crippen molar-refractivity contribution >= 4 is 27.3 Å². The predicted octanol–water partition coefficient (Wildman–Crippen LogP) is 2.50. The van der Waals surface area contributed by atoms with Crippen molar-refractivity contribution in [1.82, 2.24) is 4.72 Å². The van der Waals surface area contributed by atoms with E-state index in [1.54, 1.807) is 0 Å². The van der Waals surface area contributed by atoms with Crippen molar-refractivity contribution in [3.8, 4) is 0 Å². The molecule has 0 saturated heterocycles. The Hall–Kier alpha value is -1.74. The Morgan fingerprint density at radius 1 is 1.08 bits per heavy atom. The van der Waals surface area contributed by atoms with Crippen LogP contribution in [0, 0.1) is 11.6 Å². The van der Waals surface area contributed by atoms with Gasteiger partial charge in [0.05, 0.1) is 11.6 Å². The van der Waals surface area contributed by atoms with Crippen LogP contribution in [0.3, 0.4) is 0 Å². The summed E-state index contributed by atoms with van der Waals surface area (Å²) in [4.78, 5) is -0.507. The third-order valence-electron chi connectivity index (χ3n) is 3.11. The van der Waals surface area contributed by atoms with Gasteiger partial charge in [0, 0.05) is 18.8 Å². The molecule has 0 aliphatic rings. The van der Waals surface area contributed by atoms with Crippen molar-refractivity contribution in [2.75, 3.05) is 18.5 Å². The molecule has 9 heteroatoms. The summed E-state index contributed by atoms with van der Waals surface area (Å²) >= 11 is 5.68. The predicted molar refractivity (Wildman–Crippen MR) is 87.4 cm³/mol. The first-order valence-corrected chi connectivity index (χ1v) is 8.77. The van der Waals surface area contributed by atoms with Gasteiger partial charge in [-0.05, 0) is 35.9 Å². The molecule has 0 aliphatic carbocycles. The number of hydrogen-bond donors (Lipinski definition) is 3. The lowest BCUT2D eigenvalue weighted by molar-refractivity contribution is 0.301. The topological polar surface area (TPSA) is 78.4 Å². The molecule has 0 amide bonds. The van der Waals surface area contributed by atoms with E-state index in [0.29, 0.717) is 11.3 Å². The van der Waals surface area contributed by atoms with Gasteiger partial charge in [0.1, 0.15) is 16.5 Å². The lowest BCUT2D eigenvalue weighted by atomic mass is 10.2. The summed E-state index contributed by atoms with van der Waals surface area (Å²) in [5.41, 5.74) is 1.04. The van der Waals surface area contributed by atoms with Crippen LogP contribution >= 0.6 is 11.6 Å². The maximum atomic E-state index is 13.8. The third kappa shape index (κ3) is 4.64. The Labute approximate surface area is 143 Å². The Morgan fingerprint density at radius 3 is 2.46 bits per heavy atom. The summed E-state index contributed by atoms with van der Waals surface area (Å²) in [5, 5.41) is 11.6. The molecule has 2 aromatic rings. The molecular formula is C15H15ClF2N2O3S. The number of benzene rings is 2. The van der Waals surface area contributed by atoms with Gasteiger partial charge in [-0.2, -0.15) is 0 Å². The van der Waals surface area contributed by atoms with Gasteiger partial charge in [-0.25, -0.2) is 21.9 Å². The quantitative estimate of drug-likeness (QED) is 0.693. The molecule has 0 spiro atoms. The fourth-order valence-corrected chi connectivity index (χ4v) is 3.26. The summed E-state index contributed by atoms with van der Waals surface area (Å²) < 4.78 is 52.9. The van der Waals surface area contributed by atoms with E-state index >= 15 is 0 Å². The first-order valence-electron chi connectivity index (χ1n) is 6.91. The first-order chi connectivity index (χ1) is 11.3. The number of halogens is 3. The molecule has 3 N–H and O–H groups in total. The highest BCUT2D eigenvalue weighted by Gasteiger charge is 2.19. The monoisotopic (exact) mass is 376 g/mol. The van der Waals surface area contributed by atoms with Gasteiger partial charge in [-0.3, -0.25) is 0 Å². The molecule has 24 heavy (non-hydrogen) atoms. The van der Waals surface area contributed by atoms with Crippen molar-refractivity contribution in [3.63, 3.8) is 0 Å². The van der Waals surface area contributed by atoms with Crippen molar-refractivity contribution in [2.24, 2.45) is 0 Å². The van der Waals surface area contributed by atoms with Crippen molar-refractivity contribution < 1.29 is 22.3 Å².